The highest BCUT2D eigenvalue weighted by molar-refractivity contribution is 7.07. The minimum atomic E-state index is -4.38. The largest absolute Gasteiger partial charge is 0.416 e. The average Bonchev–Trinajstić information content (AvgIpc) is 2.88. The highest BCUT2D eigenvalue weighted by Gasteiger charge is 2.31. The molecule has 7 heteroatoms. The minimum absolute atomic E-state index is 0.210. The molecule has 108 valence electrons. The number of hydrogen-bond donors (Lipinski definition) is 2. The number of aromatic nitrogens is 1. The molecule has 20 heavy (non-hydrogen) atoms. The first kappa shape index (κ1) is 14.6. The second-order valence-corrected chi connectivity index (χ2v) is 4.92. The number of pyridine rings is 1. The van der Waals surface area contributed by atoms with E-state index >= 15 is 0 Å². The molecule has 3 nitrogen and oxygen atoms in total. The second-order valence-electron chi connectivity index (χ2n) is 4.14. The lowest BCUT2D eigenvalue weighted by atomic mass is 10.2. The van der Waals surface area contributed by atoms with Gasteiger partial charge in [-0.1, -0.05) is 0 Å². The summed E-state index contributed by atoms with van der Waals surface area (Å²) in [6, 6.07) is 3.95. The van der Waals surface area contributed by atoms with E-state index in [9.17, 15) is 13.2 Å². The van der Waals surface area contributed by atoms with E-state index in [1.165, 1.54) is 0 Å². The fourth-order valence-electron chi connectivity index (χ4n) is 1.64. The summed E-state index contributed by atoms with van der Waals surface area (Å²) in [5, 5.41) is 9.57. The Balaban J connectivity index is 2.20. The monoisotopic (exact) mass is 301 g/mol. The van der Waals surface area contributed by atoms with Gasteiger partial charge in [-0.2, -0.15) is 24.5 Å². The van der Waals surface area contributed by atoms with Gasteiger partial charge in [0, 0.05) is 13.1 Å². The summed E-state index contributed by atoms with van der Waals surface area (Å²) in [5.41, 5.74) is 0.301. The molecule has 0 saturated heterocycles. The van der Waals surface area contributed by atoms with Crippen molar-refractivity contribution in [1.29, 1.82) is 0 Å². The van der Waals surface area contributed by atoms with Crippen LogP contribution in [-0.4, -0.2) is 11.5 Å². The summed E-state index contributed by atoms with van der Waals surface area (Å²) in [7, 11) is 0. The topological polar surface area (TPSA) is 37.0 Å². The van der Waals surface area contributed by atoms with E-state index in [1.807, 2.05) is 16.8 Å². The van der Waals surface area contributed by atoms with Crippen molar-refractivity contribution < 1.29 is 13.2 Å². The van der Waals surface area contributed by atoms with Crippen LogP contribution in [0.25, 0.3) is 0 Å². The molecule has 0 aliphatic rings. The maximum absolute atomic E-state index is 12.8. The zero-order valence-electron chi connectivity index (χ0n) is 10.8. The number of anilines is 2. The molecular formula is C13H14F3N3S. The standard InChI is InChI=1S/C13H14F3N3S/c1-2-17-11-5-10(13(14,15)16)6-12(19-11)18-7-9-3-4-20-8-9/h3-6,8H,2,7H2,1H3,(H2,17,18,19). The van der Waals surface area contributed by atoms with Crippen LogP contribution in [0.2, 0.25) is 0 Å². The van der Waals surface area contributed by atoms with Crippen molar-refractivity contribution in [3.05, 3.63) is 40.1 Å². The van der Waals surface area contributed by atoms with Crippen molar-refractivity contribution in [2.45, 2.75) is 19.6 Å². The van der Waals surface area contributed by atoms with Crippen molar-refractivity contribution in [2.24, 2.45) is 0 Å². The Hall–Kier alpha value is -1.76. The van der Waals surface area contributed by atoms with Gasteiger partial charge in [0.15, 0.2) is 0 Å². The zero-order valence-corrected chi connectivity index (χ0v) is 11.6. The van der Waals surface area contributed by atoms with Crippen molar-refractivity contribution in [3.8, 4) is 0 Å². The van der Waals surface area contributed by atoms with E-state index in [0.29, 0.717) is 13.1 Å². The van der Waals surface area contributed by atoms with Crippen LogP contribution in [0, 0.1) is 0 Å². The summed E-state index contributed by atoms with van der Waals surface area (Å²) in [5.74, 6) is 0.428. The first-order valence-corrected chi connectivity index (χ1v) is 7.01. The first-order chi connectivity index (χ1) is 9.49. The van der Waals surface area contributed by atoms with Crippen LogP contribution >= 0.6 is 11.3 Å². The highest BCUT2D eigenvalue weighted by atomic mass is 32.1. The Labute approximate surface area is 118 Å². The summed E-state index contributed by atoms with van der Waals surface area (Å²) >= 11 is 1.54. The van der Waals surface area contributed by atoms with Gasteiger partial charge in [0.05, 0.1) is 5.56 Å². The number of rotatable bonds is 5. The molecule has 0 unspecified atom stereocenters. The third-order valence-electron chi connectivity index (χ3n) is 2.56. The second kappa shape index (κ2) is 6.13. The summed E-state index contributed by atoms with van der Waals surface area (Å²) in [4.78, 5) is 4.12. The van der Waals surface area contributed by atoms with Crippen LogP contribution < -0.4 is 10.6 Å². The van der Waals surface area contributed by atoms with Crippen molar-refractivity contribution in [1.82, 2.24) is 4.98 Å². The number of thiophene rings is 1. The smallest absolute Gasteiger partial charge is 0.370 e. The molecule has 2 aromatic heterocycles. The molecule has 0 fully saturated rings. The molecule has 0 radical (unpaired) electrons. The molecular weight excluding hydrogens is 287 g/mol. The van der Waals surface area contributed by atoms with Gasteiger partial charge in [-0.15, -0.1) is 0 Å². The van der Waals surface area contributed by atoms with Crippen molar-refractivity contribution in [2.75, 3.05) is 17.2 Å². The Morgan fingerprint density at radius 1 is 1.20 bits per heavy atom. The third kappa shape index (κ3) is 3.86. The Kier molecular flexibility index (Phi) is 4.49. The van der Waals surface area contributed by atoms with Crippen LogP contribution in [-0.2, 0) is 12.7 Å². The molecule has 0 atom stereocenters. The lowest BCUT2D eigenvalue weighted by Gasteiger charge is -2.13. The van der Waals surface area contributed by atoms with Gasteiger partial charge in [-0.25, -0.2) is 4.98 Å². The number of nitrogens with zero attached hydrogens (tertiary/aromatic N) is 1. The Bertz CT molecular complexity index is 552. The molecule has 0 aromatic carbocycles. The quantitative estimate of drug-likeness (QED) is 0.869. The molecule has 2 N–H and O–H groups in total. The molecule has 2 rings (SSSR count). The molecule has 2 heterocycles. The first-order valence-electron chi connectivity index (χ1n) is 6.07. The van der Waals surface area contributed by atoms with Gasteiger partial charge in [-0.3, -0.25) is 0 Å². The Morgan fingerprint density at radius 2 is 1.90 bits per heavy atom. The van der Waals surface area contributed by atoms with Crippen LogP contribution in [0.3, 0.4) is 0 Å². The van der Waals surface area contributed by atoms with E-state index in [1.54, 1.807) is 18.3 Å². The number of nitrogens with one attached hydrogen (secondary N) is 2. The SMILES string of the molecule is CCNc1cc(C(F)(F)F)cc(NCc2ccsc2)n1. The van der Waals surface area contributed by atoms with E-state index < -0.39 is 11.7 Å². The van der Waals surface area contributed by atoms with Gasteiger partial charge in [-0.05, 0) is 41.4 Å². The number of alkyl halides is 3. The van der Waals surface area contributed by atoms with Gasteiger partial charge < -0.3 is 10.6 Å². The fraction of sp³-hybridized carbons (Fsp3) is 0.308. The summed E-state index contributed by atoms with van der Waals surface area (Å²) in [6.07, 6.45) is -4.38. The summed E-state index contributed by atoms with van der Waals surface area (Å²) in [6.45, 7) is 2.77. The van der Waals surface area contributed by atoms with Gasteiger partial charge in [0.2, 0.25) is 0 Å². The van der Waals surface area contributed by atoms with E-state index in [0.717, 1.165) is 17.7 Å². The minimum Gasteiger partial charge on any atom is -0.370 e. The van der Waals surface area contributed by atoms with Gasteiger partial charge >= 0.3 is 6.18 Å². The Morgan fingerprint density at radius 3 is 2.45 bits per heavy atom. The van der Waals surface area contributed by atoms with Crippen LogP contribution in [0.5, 0.6) is 0 Å². The van der Waals surface area contributed by atoms with Gasteiger partial charge in [0.25, 0.3) is 0 Å². The van der Waals surface area contributed by atoms with E-state index in [-0.39, 0.29) is 11.6 Å². The number of halogens is 3. The van der Waals surface area contributed by atoms with Crippen LogP contribution in [0.1, 0.15) is 18.1 Å². The number of hydrogen-bond acceptors (Lipinski definition) is 4. The molecule has 0 amide bonds. The van der Waals surface area contributed by atoms with Crippen LogP contribution in [0.4, 0.5) is 24.8 Å². The third-order valence-corrected chi connectivity index (χ3v) is 3.30. The molecule has 0 aliphatic heterocycles. The van der Waals surface area contributed by atoms with E-state index in [4.69, 9.17) is 0 Å². The summed E-state index contributed by atoms with van der Waals surface area (Å²) < 4.78 is 38.5. The van der Waals surface area contributed by atoms with Crippen molar-refractivity contribution >= 4 is 23.0 Å². The molecule has 0 aliphatic carbocycles. The normalized spacial score (nSPS) is 11.4. The highest BCUT2D eigenvalue weighted by Crippen LogP contribution is 2.32. The lowest BCUT2D eigenvalue weighted by molar-refractivity contribution is -0.137. The zero-order chi connectivity index (χ0) is 14.6. The van der Waals surface area contributed by atoms with Gasteiger partial charge in [0.1, 0.15) is 11.6 Å². The molecule has 0 spiro atoms. The van der Waals surface area contributed by atoms with Crippen molar-refractivity contribution in [3.63, 3.8) is 0 Å². The van der Waals surface area contributed by atoms with Crippen LogP contribution in [0.15, 0.2) is 29.0 Å². The predicted molar refractivity (Wildman–Crippen MR) is 75.0 cm³/mol. The maximum Gasteiger partial charge on any atom is 0.416 e. The van der Waals surface area contributed by atoms with E-state index in [2.05, 4.69) is 15.6 Å². The fourth-order valence-corrected chi connectivity index (χ4v) is 2.31. The average molecular weight is 301 g/mol. The molecule has 2 aromatic rings. The molecule has 0 saturated carbocycles. The molecule has 0 bridgehead atoms. The lowest BCUT2D eigenvalue weighted by Crippen LogP contribution is -2.10. The predicted octanol–water partition coefficient (Wildman–Crippen LogP) is 4.21. The maximum atomic E-state index is 12.8.